The van der Waals surface area contributed by atoms with Gasteiger partial charge >= 0.3 is 0 Å². The quantitative estimate of drug-likeness (QED) is 0.445. The number of halogens is 1. The van der Waals surface area contributed by atoms with E-state index in [1.54, 1.807) is 0 Å². The summed E-state index contributed by atoms with van der Waals surface area (Å²) < 4.78 is 28.2. The van der Waals surface area contributed by atoms with E-state index in [4.69, 9.17) is 14.2 Å². The molecule has 0 aromatic rings. The molecule has 0 amide bonds. The molecule has 0 radical (unpaired) electrons. The molecule has 3 aliphatic rings. The van der Waals surface area contributed by atoms with Gasteiger partial charge in [0, 0.05) is 0 Å². The number of ether oxygens (including phenoxy) is 3. The second-order valence-electron chi connectivity index (χ2n) is 2.89. The Morgan fingerprint density at radius 2 is 2.10 bits per heavy atom. The molecule has 5 atom stereocenters. The highest BCUT2D eigenvalue weighted by Gasteiger charge is 2.62. The Hall–Kier alpha value is -0.190. The summed E-state index contributed by atoms with van der Waals surface area (Å²) in [4.78, 5) is 0. The minimum Gasteiger partial charge on any atom is -0.361 e. The highest BCUT2D eigenvalue weighted by molar-refractivity contribution is 5.03. The Kier molecular flexibility index (Phi) is 0.829. The van der Waals surface area contributed by atoms with Gasteiger partial charge < -0.3 is 14.2 Å². The van der Waals surface area contributed by atoms with Crippen molar-refractivity contribution in [3.63, 3.8) is 0 Å². The largest absolute Gasteiger partial charge is 0.361 e. The standard InChI is InChI=1S/C6H7FO3/c7-3-2-1-8-6(9-2)5-4(3)10-5/h2-6H,1H2/t2-,3+,4+,5+,6-/m1/s1. The summed E-state index contributed by atoms with van der Waals surface area (Å²) in [7, 11) is 0. The van der Waals surface area contributed by atoms with Crippen LogP contribution in [0, 0.1) is 0 Å². The predicted octanol–water partition coefficient (Wildman–Crippen LogP) is -0.153. The molecule has 56 valence electrons. The maximum absolute atomic E-state index is 13.0. The van der Waals surface area contributed by atoms with Gasteiger partial charge in [-0.25, -0.2) is 4.39 Å². The van der Waals surface area contributed by atoms with Crippen molar-refractivity contribution in [2.75, 3.05) is 6.61 Å². The smallest absolute Gasteiger partial charge is 0.187 e. The Bertz CT molecular complexity index is 172. The van der Waals surface area contributed by atoms with Crippen molar-refractivity contribution in [2.45, 2.75) is 30.8 Å². The number of fused-ring (bicyclic) bond motifs is 4. The molecule has 0 aromatic heterocycles. The average Bonchev–Trinajstić information content (AvgIpc) is 2.61. The zero-order valence-corrected chi connectivity index (χ0v) is 5.20. The molecule has 3 aliphatic heterocycles. The third kappa shape index (κ3) is 0.504. The van der Waals surface area contributed by atoms with Crippen LogP contribution in [0.15, 0.2) is 0 Å². The van der Waals surface area contributed by atoms with Gasteiger partial charge in [0.25, 0.3) is 0 Å². The van der Waals surface area contributed by atoms with E-state index in [0.29, 0.717) is 6.61 Å². The number of hydrogen-bond donors (Lipinski definition) is 0. The molecule has 0 aliphatic carbocycles. The van der Waals surface area contributed by atoms with Gasteiger partial charge in [0.2, 0.25) is 0 Å². The lowest BCUT2D eigenvalue weighted by Gasteiger charge is -2.16. The summed E-state index contributed by atoms with van der Waals surface area (Å²) in [6.45, 7) is 0.391. The molecule has 0 aromatic carbocycles. The normalized spacial score (nSPS) is 63.9. The first-order chi connectivity index (χ1) is 4.86. The Labute approximate surface area is 57.1 Å². The van der Waals surface area contributed by atoms with E-state index in [1.807, 2.05) is 0 Å². The maximum atomic E-state index is 13.0. The lowest BCUT2D eigenvalue weighted by atomic mass is 10.1. The van der Waals surface area contributed by atoms with Crippen LogP contribution in [-0.2, 0) is 14.2 Å². The van der Waals surface area contributed by atoms with Gasteiger partial charge in [-0.1, -0.05) is 0 Å². The minimum absolute atomic E-state index is 0.117. The molecule has 0 N–H and O–H groups in total. The van der Waals surface area contributed by atoms with Gasteiger partial charge in [0.1, 0.15) is 18.3 Å². The molecule has 0 unspecified atom stereocenters. The molecule has 0 spiro atoms. The number of rotatable bonds is 0. The fraction of sp³-hybridized carbons (Fsp3) is 1.00. The SMILES string of the molecule is F[C@@H]1[C@@H]2O[C@@H]2[C@@H]2OC[C@H]1O2. The van der Waals surface area contributed by atoms with Gasteiger partial charge in [-0.05, 0) is 0 Å². The van der Waals surface area contributed by atoms with Crippen LogP contribution in [-0.4, -0.2) is 37.4 Å². The molecule has 4 heteroatoms. The van der Waals surface area contributed by atoms with Gasteiger partial charge in [0.15, 0.2) is 12.5 Å². The number of epoxide rings is 1. The Morgan fingerprint density at radius 3 is 3.00 bits per heavy atom. The van der Waals surface area contributed by atoms with E-state index in [1.165, 1.54) is 0 Å². The molecule has 3 saturated heterocycles. The fourth-order valence-corrected chi connectivity index (χ4v) is 1.60. The van der Waals surface area contributed by atoms with Crippen LogP contribution in [0.1, 0.15) is 0 Å². The van der Waals surface area contributed by atoms with Crippen molar-refractivity contribution in [1.29, 1.82) is 0 Å². The molecular formula is C6H7FO3. The zero-order valence-electron chi connectivity index (χ0n) is 5.20. The van der Waals surface area contributed by atoms with E-state index in [9.17, 15) is 4.39 Å². The molecule has 2 bridgehead atoms. The van der Waals surface area contributed by atoms with E-state index in [-0.39, 0.29) is 24.6 Å². The summed E-state index contributed by atoms with van der Waals surface area (Å²) in [5.41, 5.74) is 0. The molecule has 3 nitrogen and oxygen atoms in total. The van der Waals surface area contributed by atoms with Crippen LogP contribution in [0.4, 0.5) is 4.39 Å². The van der Waals surface area contributed by atoms with Crippen LogP contribution < -0.4 is 0 Å². The van der Waals surface area contributed by atoms with Crippen molar-refractivity contribution < 1.29 is 18.6 Å². The number of alkyl halides is 1. The van der Waals surface area contributed by atoms with Gasteiger partial charge in [0.05, 0.1) is 6.61 Å². The molecule has 0 saturated carbocycles. The van der Waals surface area contributed by atoms with Crippen LogP contribution in [0.2, 0.25) is 0 Å². The molecule has 10 heavy (non-hydrogen) atoms. The molecule has 3 heterocycles. The summed E-state index contributed by atoms with van der Waals surface area (Å²) in [5.74, 6) is 0. The molecule has 3 fully saturated rings. The number of hydrogen-bond acceptors (Lipinski definition) is 3. The first kappa shape index (κ1) is 5.46. The van der Waals surface area contributed by atoms with Gasteiger partial charge in [-0.15, -0.1) is 0 Å². The van der Waals surface area contributed by atoms with Crippen LogP contribution in [0.25, 0.3) is 0 Å². The third-order valence-corrected chi connectivity index (χ3v) is 2.23. The second kappa shape index (κ2) is 1.52. The van der Waals surface area contributed by atoms with E-state index < -0.39 is 6.17 Å². The first-order valence-corrected chi connectivity index (χ1v) is 3.43. The average molecular weight is 146 g/mol. The molecular weight excluding hydrogens is 139 g/mol. The lowest BCUT2D eigenvalue weighted by molar-refractivity contribution is -0.0917. The van der Waals surface area contributed by atoms with Crippen LogP contribution >= 0.6 is 0 Å². The van der Waals surface area contributed by atoms with E-state index in [0.717, 1.165) is 0 Å². The van der Waals surface area contributed by atoms with E-state index in [2.05, 4.69) is 0 Å². The summed E-state index contributed by atoms with van der Waals surface area (Å²) in [6.07, 6.45) is -1.96. The predicted molar refractivity (Wildman–Crippen MR) is 28.2 cm³/mol. The lowest BCUT2D eigenvalue weighted by Crippen LogP contribution is -2.36. The van der Waals surface area contributed by atoms with E-state index >= 15 is 0 Å². The second-order valence-corrected chi connectivity index (χ2v) is 2.89. The van der Waals surface area contributed by atoms with Crippen molar-refractivity contribution in [1.82, 2.24) is 0 Å². The summed E-state index contributed by atoms with van der Waals surface area (Å²) >= 11 is 0. The Morgan fingerprint density at radius 1 is 1.20 bits per heavy atom. The maximum Gasteiger partial charge on any atom is 0.187 e. The highest BCUT2D eigenvalue weighted by Crippen LogP contribution is 2.42. The van der Waals surface area contributed by atoms with Gasteiger partial charge in [-0.2, -0.15) is 0 Å². The topological polar surface area (TPSA) is 31.0 Å². The highest BCUT2D eigenvalue weighted by atomic mass is 19.1. The summed E-state index contributed by atoms with van der Waals surface area (Å²) in [6, 6.07) is 0. The zero-order chi connectivity index (χ0) is 6.72. The van der Waals surface area contributed by atoms with Gasteiger partial charge in [-0.3, -0.25) is 0 Å². The fourth-order valence-electron chi connectivity index (χ4n) is 1.60. The summed E-state index contributed by atoms with van der Waals surface area (Å²) in [5, 5.41) is 0. The van der Waals surface area contributed by atoms with Crippen LogP contribution in [0.3, 0.4) is 0 Å². The van der Waals surface area contributed by atoms with Crippen molar-refractivity contribution in [3.05, 3.63) is 0 Å². The Balaban J connectivity index is 1.91. The minimum atomic E-state index is -0.969. The molecule has 3 rings (SSSR count). The van der Waals surface area contributed by atoms with Crippen molar-refractivity contribution in [3.8, 4) is 0 Å². The van der Waals surface area contributed by atoms with Crippen molar-refractivity contribution >= 4 is 0 Å². The van der Waals surface area contributed by atoms with Crippen LogP contribution in [0.5, 0.6) is 0 Å². The monoisotopic (exact) mass is 146 g/mol. The first-order valence-electron chi connectivity index (χ1n) is 3.43. The van der Waals surface area contributed by atoms with Crippen molar-refractivity contribution in [2.24, 2.45) is 0 Å². The third-order valence-electron chi connectivity index (χ3n) is 2.23.